The summed E-state index contributed by atoms with van der Waals surface area (Å²) in [5.74, 6) is 0.356. The Hall–Kier alpha value is -3.60. The quantitative estimate of drug-likeness (QED) is 0.312. The minimum atomic E-state index is 0.103. The third kappa shape index (κ3) is 5.09. The van der Waals surface area contributed by atoms with Crippen molar-refractivity contribution >= 4 is 17.5 Å². The zero-order valence-corrected chi connectivity index (χ0v) is 21.3. The first-order chi connectivity index (χ1) is 16.7. The molecule has 2 atom stereocenters. The first-order valence-electron chi connectivity index (χ1n) is 12.1. The lowest BCUT2D eigenvalue weighted by Gasteiger charge is -2.34. The van der Waals surface area contributed by atoms with Gasteiger partial charge in [0, 0.05) is 16.8 Å². The van der Waals surface area contributed by atoms with Crippen molar-refractivity contribution in [1.29, 1.82) is 10.8 Å². The standard InChI is InChI=1S/C30H35N3O2/c1-30(2,3)24-14-16-25(17-15-24)33-26(20-6-10-22(11-7-20)28(31)34-4)18-19-27(33)21-8-12-23(13-9-21)29(32)35-5/h6-17,26-27,31-32H,18-19H2,1-5H3. The van der Waals surface area contributed by atoms with Crippen LogP contribution in [0.5, 0.6) is 0 Å². The summed E-state index contributed by atoms with van der Waals surface area (Å²) in [7, 11) is 3.06. The fraction of sp³-hybridized carbons (Fsp3) is 0.333. The van der Waals surface area contributed by atoms with Crippen LogP contribution in [0, 0.1) is 10.8 Å². The highest BCUT2D eigenvalue weighted by atomic mass is 16.5. The molecule has 1 aliphatic rings. The monoisotopic (exact) mass is 469 g/mol. The molecule has 0 radical (unpaired) electrons. The number of methoxy groups -OCH3 is 2. The van der Waals surface area contributed by atoms with E-state index >= 15 is 0 Å². The number of ether oxygens (including phenoxy) is 2. The van der Waals surface area contributed by atoms with Gasteiger partial charge in [-0.3, -0.25) is 10.8 Å². The zero-order chi connectivity index (χ0) is 25.2. The number of hydrogen-bond donors (Lipinski definition) is 2. The Morgan fingerprint density at radius 1 is 0.686 bits per heavy atom. The van der Waals surface area contributed by atoms with Gasteiger partial charge in [-0.1, -0.05) is 57.2 Å². The van der Waals surface area contributed by atoms with E-state index in [1.165, 1.54) is 36.6 Å². The van der Waals surface area contributed by atoms with E-state index in [-0.39, 0.29) is 29.3 Å². The molecule has 0 amide bonds. The highest BCUT2D eigenvalue weighted by Gasteiger charge is 2.35. The van der Waals surface area contributed by atoms with E-state index in [9.17, 15) is 0 Å². The predicted molar refractivity (Wildman–Crippen MR) is 143 cm³/mol. The molecule has 1 aliphatic heterocycles. The van der Waals surface area contributed by atoms with Crippen molar-refractivity contribution in [3.8, 4) is 0 Å². The van der Waals surface area contributed by atoms with Gasteiger partial charge in [-0.2, -0.15) is 0 Å². The summed E-state index contributed by atoms with van der Waals surface area (Å²) in [6.07, 6.45) is 2.06. The second kappa shape index (κ2) is 9.95. The van der Waals surface area contributed by atoms with Crippen molar-refractivity contribution < 1.29 is 9.47 Å². The molecule has 5 heteroatoms. The maximum Gasteiger partial charge on any atom is 0.212 e. The molecule has 2 unspecified atom stereocenters. The summed E-state index contributed by atoms with van der Waals surface area (Å²) in [5, 5.41) is 15.9. The molecule has 1 saturated heterocycles. The van der Waals surface area contributed by atoms with Gasteiger partial charge in [0.2, 0.25) is 11.8 Å². The SMILES string of the molecule is COC(=N)c1ccc(C2CCC(c3ccc(C(=N)OC)cc3)N2c2ccc(C(C)(C)C)cc2)cc1. The second-order valence-corrected chi connectivity index (χ2v) is 10.1. The maximum atomic E-state index is 7.95. The first kappa shape index (κ1) is 24.5. The number of anilines is 1. The summed E-state index contributed by atoms with van der Waals surface area (Å²) in [6.45, 7) is 6.71. The van der Waals surface area contributed by atoms with Gasteiger partial charge in [0.1, 0.15) is 0 Å². The molecule has 182 valence electrons. The Morgan fingerprint density at radius 2 is 1.09 bits per heavy atom. The third-order valence-corrected chi connectivity index (χ3v) is 6.94. The van der Waals surface area contributed by atoms with Crippen LogP contribution in [-0.4, -0.2) is 26.0 Å². The Labute approximate surface area is 208 Å². The summed E-state index contributed by atoms with van der Waals surface area (Å²) in [6, 6.07) is 25.8. The summed E-state index contributed by atoms with van der Waals surface area (Å²) < 4.78 is 10.2. The normalized spacial score (nSPS) is 17.8. The fourth-order valence-electron chi connectivity index (χ4n) is 4.91. The van der Waals surface area contributed by atoms with E-state index in [1.807, 2.05) is 24.3 Å². The topological polar surface area (TPSA) is 69.4 Å². The molecular weight excluding hydrogens is 434 g/mol. The zero-order valence-electron chi connectivity index (χ0n) is 21.3. The summed E-state index contributed by atoms with van der Waals surface area (Å²) in [4.78, 5) is 2.53. The van der Waals surface area contributed by atoms with Gasteiger partial charge < -0.3 is 14.4 Å². The van der Waals surface area contributed by atoms with Crippen LogP contribution in [0.15, 0.2) is 72.8 Å². The molecular formula is C30H35N3O2. The van der Waals surface area contributed by atoms with Crippen LogP contribution >= 0.6 is 0 Å². The van der Waals surface area contributed by atoms with Crippen LogP contribution in [0.3, 0.4) is 0 Å². The van der Waals surface area contributed by atoms with Gasteiger partial charge in [-0.25, -0.2) is 0 Å². The average molecular weight is 470 g/mol. The first-order valence-corrected chi connectivity index (χ1v) is 12.1. The lowest BCUT2D eigenvalue weighted by atomic mass is 9.87. The van der Waals surface area contributed by atoms with Crippen LogP contribution in [0.25, 0.3) is 0 Å². The van der Waals surface area contributed by atoms with Crippen LogP contribution in [0.2, 0.25) is 0 Å². The van der Waals surface area contributed by atoms with Crippen molar-refractivity contribution in [2.45, 2.75) is 51.1 Å². The molecule has 1 heterocycles. The lowest BCUT2D eigenvalue weighted by molar-refractivity contribution is 0.401. The molecule has 0 spiro atoms. The summed E-state index contributed by atoms with van der Waals surface area (Å²) in [5.41, 5.74) is 6.65. The van der Waals surface area contributed by atoms with Crippen LogP contribution in [0.1, 0.15) is 73.5 Å². The van der Waals surface area contributed by atoms with Crippen LogP contribution in [0.4, 0.5) is 5.69 Å². The molecule has 0 aliphatic carbocycles. The van der Waals surface area contributed by atoms with Gasteiger partial charge in [-0.05, 0) is 71.3 Å². The Bertz CT molecular complexity index is 1110. The molecule has 4 rings (SSSR count). The lowest BCUT2D eigenvalue weighted by Crippen LogP contribution is -2.26. The Balaban J connectivity index is 1.71. The Morgan fingerprint density at radius 3 is 1.43 bits per heavy atom. The van der Waals surface area contributed by atoms with Crippen molar-refractivity contribution in [1.82, 2.24) is 0 Å². The number of hydrogen-bond acceptors (Lipinski definition) is 5. The number of benzene rings is 3. The maximum absolute atomic E-state index is 7.95. The predicted octanol–water partition coefficient (Wildman–Crippen LogP) is 7.01. The van der Waals surface area contributed by atoms with E-state index in [0.717, 1.165) is 24.0 Å². The van der Waals surface area contributed by atoms with Crippen LogP contribution in [-0.2, 0) is 14.9 Å². The fourth-order valence-corrected chi connectivity index (χ4v) is 4.91. The highest BCUT2D eigenvalue weighted by Crippen LogP contribution is 2.47. The van der Waals surface area contributed by atoms with Crippen molar-refractivity contribution in [2.75, 3.05) is 19.1 Å². The van der Waals surface area contributed by atoms with Gasteiger partial charge in [0.05, 0.1) is 26.3 Å². The molecule has 0 bridgehead atoms. The van der Waals surface area contributed by atoms with Gasteiger partial charge >= 0.3 is 0 Å². The van der Waals surface area contributed by atoms with Crippen LogP contribution < -0.4 is 4.90 Å². The van der Waals surface area contributed by atoms with Crippen molar-refractivity contribution in [3.63, 3.8) is 0 Å². The molecule has 3 aromatic carbocycles. The largest absolute Gasteiger partial charge is 0.481 e. The smallest absolute Gasteiger partial charge is 0.212 e. The second-order valence-electron chi connectivity index (χ2n) is 10.1. The van der Waals surface area contributed by atoms with E-state index in [4.69, 9.17) is 20.3 Å². The van der Waals surface area contributed by atoms with E-state index in [1.54, 1.807) is 0 Å². The third-order valence-electron chi connectivity index (χ3n) is 6.94. The molecule has 0 saturated carbocycles. The minimum Gasteiger partial charge on any atom is -0.481 e. The van der Waals surface area contributed by atoms with Crippen molar-refractivity contribution in [2.24, 2.45) is 0 Å². The van der Waals surface area contributed by atoms with Gasteiger partial charge in [0.25, 0.3) is 0 Å². The molecule has 0 aromatic heterocycles. The summed E-state index contributed by atoms with van der Waals surface area (Å²) >= 11 is 0. The molecule has 35 heavy (non-hydrogen) atoms. The van der Waals surface area contributed by atoms with Gasteiger partial charge in [0.15, 0.2) is 0 Å². The number of rotatable bonds is 5. The average Bonchev–Trinajstić information content (AvgIpc) is 3.32. The molecule has 2 N–H and O–H groups in total. The molecule has 1 fully saturated rings. The van der Waals surface area contributed by atoms with Gasteiger partial charge in [-0.15, -0.1) is 0 Å². The van der Waals surface area contributed by atoms with E-state index in [0.29, 0.717) is 0 Å². The molecule has 5 nitrogen and oxygen atoms in total. The van der Waals surface area contributed by atoms with Crippen molar-refractivity contribution in [3.05, 3.63) is 101 Å². The Kier molecular flexibility index (Phi) is 6.97. The molecule has 3 aromatic rings. The van der Waals surface area contributed by atoms with E-state index in [2.05, 4.69) is 74.2 Å². The minimum absolute atomic E-state index is 0.103. The highest BCUT2D eigenvalue weighted by molar-refractivity contribution is 5.92. The number of nitrogens with zero attached hydrogens (tertiary/aromatic N) is 1. The number of nitrogens with one attached hydrogen (secondary N) is 2. The van der Waals surface area contributed by atoms with E-state index < -0.39 is 0 Å².